The highest BCUT2D eigenvalue weighted by Crippen LogP contribution is 2.28. The number of nitriles is 1. The van der Waals surface area contributed by atoms with Crippen LogP contribution in [0.5, 0.6) is 17.4 Å². The summed E-state index contributed by atoms with van der Waals surface area (Å²) in [6, 6.07) is 8.45. The van der Waals surface area contributed by atoms with Crippen LogP contribution in [0.4, 0.5) is 13.2 Å². The van der Waals surface area contributed by atoms with E-state index in [0.29, 0.717) is 5.56 Å². The minimum atomic E-state index is -4.74. The number of alkyl halides is 3. The van der Waals surface area contributed by atoms with Gasteiger partial charge in [0.05, 0.1) is 0 Å². The Labute approximate surface area is 118 Å². The highest BCUT2D eigenvalue weighted by Gasteiger charge is 2.31. The normalized spacial score (nSPS) is 10.8. The summed E-state index contributed by atoms with van der Waals surface area (Å²) in [5, 5.41) is 9.03. The molecule has 0 saturated heterocycles. The topological polar surface area (TPSA) is 55.1 Å². The number of benzene rings is 1. The minimum Gasteiger partial charge on any atom is -0.438 e. The largest absolute Gasteiger partial charge is 0.573 e. The molecule has 0 bridgehead atoms. The van der Waals surface area contributed by atoms with E-state index in [-0.39, 0.29) is 22.9 Å². The number of ether oxygens (including phenoxy) is 2. The number of halogens is 3. The zero-order valence-corrected chi connectivity index (χ0v) is 10.8. The monoisotopic (exact) mass is 294 g/mol. The third kappa shape index (κ3) is 3.86. The molecule has 0 amide bonds. The van der Waals surface area contributed by atoms with E-state index in [9.17, 15) is 13.2 Å². The molecule has 0 fully saturated rings. The summed E-state index contributed by atoms with van der Waals surface area (Å²) < 4.78 is 45.2. The van der Waals surface area contributed by atoms with Gasteiger partial charge in [-0.1, -0.05) is 0 Å². The van der Waals surface area contributed by atoms with Crippen LogP contribution in [0.1, 0.15) is 11.1 Å². The number of nitrogens with zero attached hydrogens (tertiary/aromatic N) is 2. The standard InChI is InChI=1S/C14H9F3N2O2/c1-9-6-7-19-13(12(9)8-18)20-10-2-4-11(5-3-10)21-14(15,16)17/h2-7H,1H3. The Morgan fingerprint density at radius 2 is 1.71 bits per heavy atom. The molecule has 0 aliphatic rings. The van der Waals surface area contributed by atoms with E-state index >= 15 is 0 Å². The summed E-state index contributed by atoms with van der Waals surface area (Å²) in [6.45, 7) is 1.73. The van der Waals surface area contributed by atoms with Crippen LogP contribution >= 0.6 is 0 Å². The van der Waals surface area contributed by atoms with Gasteiger partial charge < -0.3 is 9.47 Å². The van der Waals surface area contributed by atoms with Gasteiger partial charge in [0.1, 0.15) is 23.1 Å². The summed E-state index contributed by atoms with van der Waals surface area (Å²) in [7, 11) is 0. The van der Waals surface area contributed by atoms with Crippen LogP contribution < -0.4 is 9.47 Å². The quantitative estimate of drug-likeness (QED) is 0.860. The Morgan fingerprint density at radius 1 is 1.10 bits per heavy atom. The molecule has 1 aromatic carbocycles. The maximum Gasteiger partial charge on any atom is 0.573 e. The van der Waals surface area contributed by atoms with E-state index in [1.165, 1.54) is 18.3 Å². The zero-order chi connectivity index (χ0) is 15.5. The number of pyridine rings is 1. The molecule has 2 rings (SSSR count). The number of hydrogen-bond acceptors (Lipinski definition) is 4. The molecule has 0 spiro atoms. The highest BCUT2D eigenvalue weighted by atomic mass is 19.4. The number of aryl methyl sites for hydroxylation is 1. The maximum absolute atomic E-state index is 12.0. The van der Waals surface area contributed by atoms with Gasteiger partial charge in [-0.05, 0) is 42.8 Å². The van der Waals surface area contributed by atoms with Crippen molar-refractivity contribution in [2.24, 2.45) is 0 Å². The second kappa shape index (κ2) is 5.71. The van der Waals surface area contributed by atoms with Gasteiger partial charge in [-0.3, -0.25) is 0 Å². The summed E-state index contributed by atoms with van der Waals surface area (Å²) in [5.74, 6) is -0.00586. The van der Waals surface area contributed by atoms with Crippen LogP contribution in [0, 0.1) is 18.3 Å². The molecular formula is C14H9F3N2O2. The molecule has 0 N–H and O–H groups in total. The Balaban J connectivity index is 2.18. The van der Waals surface area contributed by atoms with E-state index in [1.807, 2.05) is 6.07 Å². The van der Waals surface area contributed by atoms with Gasteiger partial charge >= 0.3 is 6.36 Å². The fourth-order valence-electron chi connectivity index (χ4n) is 1.57. The fourth-order valence-corrected chi connectivity index (χ4v) is 1.57. The minimum absolute atomic E-state index is 0.0991. The van der Waals surface area contributed by atoms with Crippen molar-refractivity contribution in [1.29, 1.82) is 5.26 Å². The van der Waals surface area contributed by atoms with Crippen LogP contribution in [0.25, 0.3) is 0 Å². The lowest BCUT2D eigenvalue weighted by atomic mass is 10.2. The second-order valence-electron chi connectivity index (χ2n) is 4.04. The predicted octanol–water partition coefficient (Wildman–Crippen LogP) is 3.95. The van der Waals surface area contributed by atoms with E-state index in [0.717, 1.165) is 12.1 Å². The van der Waals surface area contributed by atoms with Crippen LogP contribution in [0.15, 0.2) is 36.5 Å². The van der Waals surface area contributed by atoms with E-state index in [2.05, 4.69) is 9.72 Å². The first-order chi connectivity index (χ1) is 9.89. The SMILES string of the molecule is Cc1ccnc(Oc2ccc(OC(F)(F)F)cc2)c1C#N. The first-order valence-corrected chi connectivity index (χ1v) is 5.78. The van der Waals surface area contributed by atoms with Gasteiger partial charge in [-0.25, -0.2) is 4.98 Å². The first kappa shape index (κ1) is 14.7. The molecular weight excluding hydrogens is 285 g/mol. The van der Waals surface area contributed by atoms with Crippen LogP contribution in [0.3, 0.4) is 0 Å². The van der Waals surface area contributed by atoms with Crippen molar-refractivity contribution in [2.45, 2.75) is 13.3 Å². The molecule has 0 atom stereocenters. The van der Waals surface area contributed by atoms with E-state index in [4.69, 9.17) is 10.00 Å². The molecule has 1 aromatic heterocycles. The van der Waals surface area contributed by atoms with Gasteiger partial charge in [-0.2, -0.15) is 5.26 Å². The molecule has 21 heavy (non-hydrogen) atoms. The van der Waals surface area contributed by atoms with Crippen LogP contribution in [-0.2, 0) is 0 Å². The molecule has 108 valence electrons. The molecule has 0 saturated carbocycles. The zero-order valence-electron chi connectivity index (χ0n) is 10.8. The Hall–Kier alpha value is -2.75. The van der Waals surface area contributed by atoms with Crippen molar-refractivity contribution in [3.63, 3.8) is 0 Å². The lowest BCUT2D eigenvalue weighted by Gasteiger charge is -2.10. The molecule has 7 heteroatoms. The van der Waals surface area contributed by atoms with E-state index < -0.39 is 6.36 Å². The van der Waals surface area contributed by atoms with E-state index in [1.54, 1.807) is 13.0 Å². The van der Waals surface area contributed by atoms with Crippen LogP contribution in [0.2, 0.25) is 0 Å². The van der Waals surface area contributed by atoms with Crippen molar-refractivity contribution in [3.8, 4) is 23.4 Å². The Morgan fingerprint density at radius 3 is 2.29 bits per heavy atom. The predicted molar refractivity (Wildman–Crippen MR) is 66.9 cm³/mol. The van der Waals surface area contributed by atoms with Crippen molar-refractivity contribution >= 4 is 0 Å². The van der Waals surface area contributed by atoms with Gasteiger partial charge in [-0.15, -0.1) is 13.2 Å². The first-order valence-electron chi connectivity index (χ1n) is 5.78. The molecule has 4 nitrogen and oxygen atoms in total. The van der Waals surface area contributed by atoms with Crippen molar-refractivity contribution < 1.29 is 22.6 Å². The summed E-state index contributed by atoms with van der Waals surface area (Å²) in [5.41, 5.74) is 0.965. The molecule has 0 aliphatic heterocycles. The van der Waals surface area contributed by atoms with Crippen LogP contribution in [-0.4, -0.2) is 11.3 Å². The summed E-state index contributed by atoms with van der Waals surface area (Å²) >= 11 is 0. The molecule has 0 aliphatic carbocycles. The summed E-state index contributed by atoms with van der Waals surface area (Å²) in [4.78, 5) is 3.93. The highest BCUT2D eigenvalue weighted by molar-refractivity contribution is 5.45. The molecule has 2 aromatic rings. The smallest absolute Gasteiger partial charge is 0.438 e. The number of hydrogen-bond donors (Lipinski definition) is 0. The van der Waals surface area contributed by atoms with Gasteiger partial charge in [0.25, 0.3) is 0 Å². The van der Waals surface area contributed by atoms with Gasteiger partial charge in [0, 0.05) is 6.20 Å². The molecule has 0 unspecified atom stereocenters. The second-order valence-corrected chi connectivity index (χ2v) is 4.04. The fraction of sp³-hybridized carbons (Fsp3) is 0.143. The van der Waals surface area contributed by atoms with Crippen molar-refractivity contribution in [1.82, 2.24) is 4.98 Å². The lowest BCUT2D eigenvalue weighted by molar-refractivity contribution is -0.274. The van der Waals surface area contributed by atoms with Crippen molar-refractivity contribution in [3.05, 3.63) is 47.7 Å². The van der Waals surface area contributed by atoms with Crippen molar-refractivity contribution in [2.75, 3.05) is 0 Å². The summed E-state index contributed by atoms with van der Waals surface area (Å²) in [6.07, 6.45) is -3.26. The van der Waals surface area contributed by atoms with Gasteiger partial charge in [0.2, 0.25) is 5.88 Å². The maximum atomic E-state index is 12.0. The Kier molecular flexibility index (Phi) is 3.98. The average molecular weight is 294 g/mol. The third-order valence-electron chi connectivity index (χ3n) is 2.51. The lowest BCUT2D eigenvalue weighted by Crippen LogP contribution is -2.16. The Bertz CT molecular complexity index is 676. The molecule has 0 radical (unpaired) electrons. The number of rotatable bonds is 3. The molecule has 1 heterocycles. The number of aromatic nitrogens is 1. The third-order valence-corrected chi connectivity index (χ3v) is 2.51. The average Bonchev–Trinajstić information content (AvgIpc) is 2.40. The van der Waals surface area contributed by atoms with Gasteiger partial charge in [0.15, 0.2) is 0 Å².